The van der Waals surface area contributed by atoms with E-state index < -0.39 is 0 Å². The molecule has 5 heteroatoms. The van der Waals surface area contributed by atoms with E-state index >= 15 is 0 Å². The van der Waals surface area contributed by atoms with Crippen LogP contribution in [0.1, 0.15) is 23.0 Å². The van der Waals surface area contributed by atoms with E-state index in [1.165, 1.54) is 11.3 Å². The summed E-state index contributed by atoms with van der Waals surface area (Å²) in [5, 5.41) is 0. The minimum absolute atomic E-state index is 0.122. The molecule has 2 nitrogen and oxygen atoms in total. The Balaban J connectivity index is 2.72. The first-order valence-corrected chi connectivity index (χ1v) is 8.11. The Kier molecular flexibility index (Phi) is 5.86. The molecular formula is C11H16BrNOS2. The molecule has 0 aliphatic rings. The third kappa shape index (κ3) is 3.50. The van der Waals surface area contributed by atoms with Gasteiger partial charge in [0.2, 0.25) is 0 Å². The molecule has 0 aromatic carbocycles. The summed E-state index contributed by atoms with van der Waals surface area (Å²) in [4.78, 5) is 14.8. The van der Waals surface area contributed by atoms with Crippen molar-refractivity contribution in [2.24, 2.45) is 0 Å². The van der Waals surface area contributed by atoms with Crippen LogP contribution in [0.15, 0.2) is 15.9 Å². The summed E-state index contributed by atoms with van der Waals surface area (Å²) < 4.78 is 1.00. The van der Waals surface area contributed by atoms with E-state index in [4.69, 9.17) is 0 Å². The molecular weight excluding hydrogens is 306 g/mol. The second-order valence-electron chi connectivity index (χ2n) is 3.54. The molecule has 90 valence electrons. The topological polar surface area (TPSA) is 20.3 Å². The van der Waals surface area contributed by atoms with Crippen LogP contribution in [0.5, 0.6) is 0 Å². The van der Waals surface area contributed by atoms with Gasteiger partial charge in [-0.2, -0.15) is 11.8 Å². The first-order valence-electron chi connectivity index (χ1n) is 5.11. The van der Waals surface area contributed by atoms with E-state index in [0.717, 1.165) is 20.8 Å². The lowest BCUT2D eigenvalue weighted by atomic mass is 10.2. The summed E-state index contributed by atoms with van der Waals surface area (Å²) in [7, 11) is 1.89. The van der Waals surface area contributed by atoms with Gasteiger partial charge in [0, 0.05) is 18.8 Å². The number of thioether (sulfide) groups is 1. The zero-order valence-corrected chi connectivity index (χ0v) is 12.9. The quantitative estimate of drug-likeness (QED) is 0.823. The summed E-state index contributed by atoms with van der Waals surface area (Å²) in [5.41, 5.74) is 0. The lowest BCUT2D eigenvalue weighted by molar-refractivity contribution is 0.0748. The molecule has 0 radical (unpaired) electrons. The van der Waals surface area contributed by atoms with Crippen LogP contribution in [0, 0.1) is 0 Å². The number of amides is 1. The van der Waals surface area contributed by atoms with Gasteiger partial charge in [-0.25, -0.2) is 0 Å². The summed E-state index contributed by atoms with van der Waals surface area (Å²) in [6.07, 6.45) is 3.07. The second-order valence-corrected chi connectivity index (χ2v) is 6.91. The predicted octanol–water partition coefficient (Wildman–Crippen LogP) is 3.72. The lowest BCUT2D eigenvalue weighted by Gasteiger charge is -2.26. The maximum atomic E-state index is 12.1. The van der Waals surface area contributed by atoms with E-state index in [1.807, 2.05) is 24.1 Å². The van der Waals surface area contributed by atoms with Crippen molar-refractivity contribution in [3.8, 4) is 0 Å². The van der Waals surface area contributed by atoms with Crippen LogP contribution in [0.25, 0.3) is 0 Å². The molecule has 1 atom stereocenters. The van der Waals surface area contributed by atoms with E-state index in [2.05, 4.69) is 29.1 Å². The van der Waals surface area contributed by atoms with Crippen LogP contribution < -0.4 is 0 Å². The molecule has 1 unspecified atom stereocenters. The Bertz CT molecular complexity index is 354. The monoisotopic (exact) mass is 321 g/mol. The third-order valence-corrected chi connectivity index (χ3v) is 4.81. The van der Waals surface area contributed by atoms with Gasteiger partial charge in [-0.15, -0.1) is 11.3 Å². The van der Waals surface area contributed by atoms with Gasteiger partial charge in [-0.3, -0.25) is 4.79 Å². The molecule has 0 aliphatic carbocycles. The largest absolute Gasteiger partial charge is 0.337 e. The molecule has 0 N–H and O–H groups in total. The smallest absolute Gasteiger partial charge is 0.263 e. The van der Waals surface area contributed by atoms with Crippen molar-refractivity contribution in [3.05, 3.63) is 20.8 Å². The Hall–Kier alpha value is -0.0000000000000000833. The highest BCUT2D eigenvalue weighted by Crippen LogP contribution is 2.24. The first-order chi connectivity index (χ1) is 7.60. The minimum Gasteiger partial charge on any atom is -0.337 e. The Labute approximate surface area is 114 Å². The summed E-state index contributed by atoms with van der Waals surface area (Å²) in [6.45, 7) is 2.12. The van der Waals surface area contributed by atoms with E-state index in [1.54, 1.807) is 11.8 Å². The van der Waals surface area contributed by atoms with Gasteiger partial charge in [0.15, 0.2) is 0 Å². The summed E-state index contributed by atoms with van der Waals surface area (Å²) >= 11 is 6.65. The van der Waals surface area contributed by atoms with Crippen LogP contribution in [-0.2, 0) is 0 Å². The fourth-order valence-electron chi connectivity index (χ4n) is 1.46. The average Bonchev–Trinajstić information content (AvgIpc) is 2.70. The van der Waals surface area contributed by atoms with E-state index in [9.17, 15) is 4.79 Å². The molecule has 0 bridgehead atoms. The molecule has 1 rings (SSSR count). The summed E-state index contributed by atoms with van der Waals surface area (Å²) in [5.74, 6) is 1.11. The minimum atomic E-state index is 0.122. The molecule has 16 heavy (non-hydrogen) atoms. The first kappa shape index (κ1) is 14.1. The van der Waals surface area contributed by atoms with Crippen LogP contribution in [0.2, 0.25) is 0 Å². The van der Waals surface area contributed by atoms with Crippen molar-refractivity contribution in [2.75, 3.05) is 19.1 Å². The maximum absolute atomic E-state index is 12.1. The molecule has 1 amide bonds. The van der Waals surface area contributed by atoms with Crippen LogP contribution in [0.3, 0.4) is 0 Å². The third-order valence-electron chi connectivity index (χ3n) is 2.48. The summed E-state index contributed by atoms with van der Waals surface area (Å²) in [6, 6.07) is 4.11. The number of hydrogen-bond acceptors (Lipinski definition) is 3. The number of thiophene rings is 1. The highest BCUT2D eigenvalue weighted by Gasteiger charge is 2.20. The zero-order chi connectivity index (χ0) is 12.1. The Morgan fingerprint density at radius 3 is 2.75 bits per heavy atom. The van der Waals surface area contributed by atoms with Gasteiger partial charge >= 0.3 is 0 Å². The van der Waals surface area contributed by atoms with E-state index in [-0.39, 0.29) is 5.91 Å². The molecule has 0 fully saturated rings. The van der Waals surface area contributed by atoms with Gasteiger partial charge in [-0.1, -0.05) is 6.92 Å². The fraction of sp³-hybridized carbons (Fsp3) is 0.545. The predicted molar refractivity (Wildman–Crippen MR) is 76.6 cm³/mol. The van der Waals surface area contributed by atoms with Crippen molar-refractivity contribution < 1.29 is 4.79 Å². The number of nitrogens with zero attached hydrogens (tertiary/aromatic N) is 1. The zero-order valence-electron chi connectivity index (χ0n) is 9.70. The molecule has 1 heterocycles. The van der Waals surface area contributed by atoms with Crippen molar-refractivity contribution in [3.63, 3.8) is 0 Å². The average molecular weight is 322 g/mol. The van der Waals surface area contributed by atoms with Crippen molar-refractivity contribution in [1.29, 1.82) is 0 Å². The van der Waals surface area contributed by atoms with Crippen LogP contribution in [0.4, 0.5) is 0 Å². The fourth-order valence-corrected chi connectivity index (χ4v) is 3.68. The Morgan fingerprint density at radius 1 is 1.62 bits per heavy atom. The van der Waals surface area contributed by atoms with Gasteiger partial charge in [-0.05, 0) is 40.7 Å². The number of rotatable bonds is 5. The standard InChI is InChI=1S/C11H16BrNOS2/c1-4-8(7-15-3)13(2)11(14)9-5-6-10(12)16-9/h5-6,8H,4,7H2,1-3H3. The van der Waals surface area contributed by atoms with Crippen LogP contribution >= 0.6 is 39.0 Å². The van der Waals surface area contributed by atoms with Gasteiger partial charge in [0.1, 0.15) is 0 Å². The van der Waals surface area contributed by atoms with E-state index in [0.29, 0.717) is 6.04 Å². The molecule has 1 aromatic rings. The van der Waals surface area contributed by atoms with Crippen molar-refractivity contribution in [2.45, 2.75) is 19.4 Å². The van der Waals surface area contributed by atoms with Gasteiger partial charge in [0.05, 0.1) is 8.66 Å². The molecule has 0 aliphatic heterocycles. The Morgan fingerprint density at radius 2 is 2.31 bits per heavy atom. The lowest BCUT2D eigenvalue weighted by Crippen LogP contribution is -2.37. The highest BCUT2D eigenvalue weighted by atomic mass is 79.9. The molecule has 0 saturated heterocycles. The SMILES string of the molecule is CCC(CSC)N(C)C(=O)c1ccc(Br)s1. The number of carbonyl (C=O) groups excluding carboxylic acids is 1. The number of carbonyl (C=O) groups is 1. The number of halogens is 1. The molecule has 0 saturated carbocycles. The van der Waals surface area contributed by atoms with Crippen LogP contribution in [-0.4, -0.2) is 35.9 Å². The molecule has 1 aromatic heterocycles. The van der Waals surface area contributed by atoms with Gasteiger partial charge in [0.25, 0.3) is 5.91 Å². The van der Waals surface area contributed by atoms with Crippen molar-refractivity contribution >= 4 is 44.9 Å². The normalized spacial score (nSPS) is 12.5. The highest BCUT2D eigenvalue weighted by molar-refractivity contribution is 9.11. The maximum Gasteiger partial charge on any atom is 0.263 e. The van der Waals surface area contributed by atoms with Crippen molar-refractivity contribution in [1.82, 2.24) is 4.90 Å². The van der Waals surface area contributed by atoms with Gasteiger partial charge < -0.3 is 4.90 Å². The number of hydrogen-bond donors (Lipinski definition) is 0. The second kappa shape index (κ2) is 6.67. The molecule has 0 spiro atoms.